The lowest BCUT2D eigenvalue weighted by Gasteiger charge is -2.43. The Morgan fingerprint density at radius 2 is 1.93 bits per heavy atom. The first-order valence-corrected chi connectivity index (χ1v) is 10.7. The molecule has 0 unspecified atom stereocenters. The van der Waals surface area contributed by atoms with Crippen molar-refractivity contribution in [1.29, 1.82) is 0 Å². The maximum absolute atomic E-state index is 11.5. The van der Waals surface area contributed by atoms with Crippen molar-refractivity contribution in [2.45, 2.75) is 29.6 Å². The van der Waals surface area contributed by atoms with E-state index < -0.39 is 69.6 Å². The molecule has 0 bridgehead atoms. The molecule has 3 aliphatic heterocycles. The van der Waals surface area contributed by atoms with Crippen LogP contribution in [0.1, 0.15) is 0 Å². The Balaban J connectivity index is 1.93. The Morgan fingerprint density at radius 1 is 1.30 bits per heavy atom. The molecule has 0 aromatic carbocycles. The number of guanidine groups is 2. The van der Waals surface area contributed by atoms with Crippen molar-refractivity contribution in [2.24, 2.45) is 16.5 Å². The van der Waals surface area contributed by atoms with Crippen LogP contribution in [0.3, 0.4) is 0 Å². The first kappa shape index (κ1) is 22.2. The number of carbonyl (C=O) groups is 1. The molecule has 11 N–H and O–H groups in total. The van der Waals surface area contributed by atoms with E-state index in [-0.39, 0.29) is 11.9 Å². The van der Waals surface area contributed by atoms with Gasteiger partial charge in [0.25, 0.3) is 5.79 Å². The van der Waals surface area contributed by atoms with Crippen molar-refractivity contribution in [2.75, 3.05) is 13.2 Å². The van der Waals surface area contributed by atoms with E-state index in [9.17, 15) is 31.8 Å². The van der Waals surface area contributed by atoms with Crippen LogP contribution in [0.2, 0.25) is 0 Å². The van der Waals surface area contributed by atoms with Gasteiger partial charge in [-0.05, 0) is 0 Å². The number of hydrogen-bond donors (Lipinski definition) is 9. The monoisotopic (exact) mass is 476 g/mol. The van der Waals surface area contributed by atoms with E-state index in [1.54, 1.807) is 0 Å². The zero-order valence-corrected chi connectivity index (χ0v) is 16.3. The Bertz CT molecular complexity index is 1040. The Hall–Kier alpha value is -2.49. The third kappa shape index (κ3) is 3.68. The van der Waals surface area contributed by atoms with Gasteiger partial charge in [-0.2, -0.15) is 21.6 Å². The van der Waals surface area contributed by atoms with Gasteiger partial charge in [0.2, 0.25) is 5.66 Å². The van der Waals surface area contributed by atoms with E-state index in [0.717, 1.165) is 9.30 Å². The number of nitrogens with two attached hydrogens (primary N) is 2. The molecule has 0 aromatic rings. The van der Waals surface area contributed by atoms with Gasteiger partial charge in [0.1, 0.15) is 19.2 Å². The van der Waals surface area contributed by atoms with Gasteiger partial charge < -0.3 is 26.0 Å². The van der Waals surface area contributed by atoms with E-state index >= 15 is 0 Å². The molecule has 0 aliphatic carbocycles. The summed E-state index contributed by atoms with van der Waals surface area (Å²) < 4.78 is 72.2. The molecule has 1 saturated heterocycles. The van der Waals surface area contributed by atoms with Gasteiger partial charge in [-0.1, -0.05) is 0 Å². The zero-order chi connectivity index (χ0) is 22.7. The van der Waals surface area contributed by atoms with E-state index in [4.69, 9.17) is 20.6 Å². The van der Waals surface area contributed by atoms with Gasteiger partial charge in [0, 0.05) is 0 Å². The zero-order valence-electron chi connectivity index (χ0n) is 14.7. The van der Waals surface area contributed by atoms with E-state index in [2.05, 4.69) is 24.5 Å². The number of carbonyl (C=O) groups excluding carboxylic acids is 1. The van der Waals surface area contributed by atoms with E-state index in [0.29, 0.717) is 0 Å². The molecule has 1 spiro atoms. The molecule has 18 nitrogen and oxygen atoms in total. The largest absolute Gasteiger partial charge is 0.445 e. The van der Waals surface area contributed by atoms with Gasteiger partial charge >= 0.3 is 32.8 Å². The highest BCUT2D eigenvalue weighted by Gasteiger charge is 2.76. The lowest BCUT2D eigenvalue weighted by Crippen LogP contribution is -2.78. The quantitative estimate of drug-likeness (QED) is 0.101. The van der Waals surface area contributed by atoms with Gasteiger partial charge in [0.15, 0.2) is 18.1 Å². The molecule has 3 heterocycles. The third-order valence-electron chi connectivity index (χ3n) is 4.66. The summed E-state index contributed by atoms with van der Waals surface area (Å²) in [5.41, 5.74) is 9.42. The summed E-state index contributed by atoms with van der Waals surface area (Å²) in [6.45, 7) is -1.23. The van der Waals surface area contributed by atoms with Gasteiger partial charge in [-0.25, -0.2) is 18.5 Å². The molecular formula is C10H18N7O11S2+. The normalized spacial score (nSPS) is 32.4. The first-order valence-electron chi connectivity index (χ1n) is 7.87. The number of nitrogens with one attached hydrogen (secondary N) is 3. The molecule has 0 aromatic heterocycles. The SMILES string of the molecule is NC1=N[C@H]2[C@H](COC(=O)NS(=O)(=O)O)NC(N)=[N+]3C[C@@H](OS(=O)(=O)O)C(O)(O)[C@]23N1. The van der Waals surface area contributed by atoms with Crippen molar-refractivity contribution >= 4 is 38.7 Å². The van der Waals surface area contributed by atoms with Crippen molar-refractivity contribution < 1.29 is 54.4 Å². The highest BCUT2D eigenvalue weighted by atomic mass is 32.3. The van der Waals surface area contributed by atoms with Crippen LogP contribution in [0.4, 0.5) is 4.79 Å². The van der Waals surface area contributed by atoms with Crippen LogP contribution in [0, 0.1) is 0 Å². The van der Waals surface area contributed by atoms with Crippen molar-refractivity contribution in [3.05, 3.63) is 0 Å². The fraction of sp³-hybridized carbons (Fsp3) is 0.700. The number of hydrogen-bond acceptors (Lipinski definition) is 14. The summed E-state index contributed by atoms with van der Waals surface area (Å²) in [6, 6.07) is -2.46. The minimum Gasteiger partial charge on any atom is -0.445 e. The van der Waals surface area contributed by atoms with Gasteiger partial charge in [-0.15, -0.1) is 0 Å². The minimum absolute atomic E-state index is 0.277. The number of nitrogens with zero attached hydrogens (tertiary/aromatic N) is 2. The Labute approximate surface area is 168 Å². The van der Waals surface area contributed by atoms with E-state index in [1.165, 1.54) is 0 Å². The molecule has 3 aliphatic rings. The van der Waals surface area contributed by atoms with Gasteiger partial charge in [-0.3, -0.25) is 20.2 Å². The van der Waals surface area contributed by atoms with Crippen LogP contribution in [-0.4, -0.2) is 102 Å². The molecule has 170 valence electrons. The summed E-state index contributed by atoms with van der Waals surface area (Å²) in [5, 5.41) is 26.6. The minimum atomic E-state index is -5.11. The second kappa shape index (κ2) is 6.76. The van der Waals surface area contributed by atoms with Crippen molar-refractivity contribution in [3.63, 3.8) is 0 Å². The molecule has 4 atom stereocenters. The molecule has 20 heteroatoms. The summed E-state index contributed by atoms with van der Waals surface area (Å²) in [6.07, 6.45) is -3.51. The average Bonchev–Trinajstić information content (AvgIpc) is 2.99. The highest BCUT2D eigenvalue weighted by molar-refractivity contribution is 7.84. The molecule has 30 heavy (non-hydrogen) atoms. The third-order valence-corrected chi connectivity index (χ3v) is 5.56. The van der Waals surface area contributed by atoms with Crippen LogP contribution >= 0.6 is 0 Å². The maximum atomic E-state index is 11.5. The number of ether oxygens (including phenoxy) is 1. The predicted octanol–water partition coefficient (Wildman–Crippen LogP) is -6.32. The average molecular weight is 476 g/mol. The second-order valence-corrected chi connectivity index (χ2v) is 8.71. The van der Waals surface area contributed by atoms with Crippen molar-refractivity contribution in [3.8, 4) is 0 Å². The lowest BCUT2D eigenvalue weighted by atomic mass is 9.86. The summed E-state index contributed by atoms with van der Waals surface area (Å²) in [5.74, 6) is -3.67. The summed E-state index contributed by atoms with van der Waals surface area (Å²) in [4.78, 5) is 15.4. The Kier molecular flexibility index (Phi) is 5.00. The molecule has 1 fully saturated rings. The number of aliphatic imine (C=N–C) groups is 1. The summed E-state index contributed by atoms with van der Waals surface area (Å²) >= 11 is 0. The first-order chi connectivity index (χ1) is 13.6. The van der Waals surface area contributed by atoms with Crippen LogP contribution in [0.5, 0.6) is 0 Å². The predicted molar refractivity (Wildman–Crippen MR) is 92.1 cm³/mol. The fourth-order valence-corrected chi connectivity index (χ4v) is 4.41. The number of aliphatic hydroxyl groups is 2. The topological polar surface area (TPSA) is 288 Å². The molecule has 0 radical (unpaired) electrons. The molecule has 3 rings (SSSR count). The smallest absolute Gasteiger partial charge is 0.422 e. The maximum Gasteiger partial charge on any atom is 0.422 e. The van der Waals surface area contributed by atoms with Crippen LogP contribution in [-0.2, 0) is 29.6 Å². The standard InChI is InChI=1S/C10H17N7O11S2/c11-6-14-5-3(2-27-8(18)16-29(21,22)23)13-7(12)17-1-4(28-30(24,25)26)10(19,20)9(5,17)15-6/h3-5,19-20H,1-2H2,(H8,11,12,13,14,15,16,18,21,22,23,24,25,26)/p+1/t3-,4+,5-,9-/m0/s1. The van der Waals surface area contributed by atoms with Crippen molar-refractivity contribution in [1.82, 2.24) is 15.4 Å². The fourth-order valence-electron chi connectivity index (χ4n) is 3.66. The molecule has 0 saturated carbocycles. The van der Waals surface area contributed by atoms with Crippen LogP contribution in [0.25, 0.3) is 0 Å². The van der Waals surface area contributed by atoms with Gasteiger partial charge in [0.05, 0.1) is 0 Å². The Morgan fingerprint density at radius 3 is 2.50 bits per heavy atom. The van der Waals surface area contributed by atoms with Crippen LogP contribution in [0.15, 0.2) is 4.99 Å². The molecule has 1 amide bonds. The summed E-state index contributed by atoms with van der Waals surface area (Å²) in [7, 11) is -10.0. The molecular weight excluding hydrogens is 458 g/mol. The lowest BCUT2D eigenvalue weighted by molar-refractivity contribution is -0.623. The number of rotatable bonds is 5. The highest BCUT2D eigenvalue weighted by Crippen LogP contribution is 2.42. The number of amides is 1. The van der Waals surface area contributed by atoms with Crippen LogP contribution < -0.4 is 26.8 Å². The van der Waals surface area contributed by atoms with E-state index in [1.807, 2.05) is 0 Å². The second-order valence-electron chi connectivity index (χ2n) is 6.51.